The van der Waals surface area contributed by atoms with Gasteiger partial charge in [-0.1, -0.05) is 6.42 Å². The van der Waals surface area contributed by atoms with Crippen molar-refractivity contribution in [2.24, 2.45) is 4.99 Å². The zero-order valence-electron chi connectivity index (χ0n) is 11.5. The fourth-order valence-electron chi connectivity index (χ4n) is 2.42. The van der Waals surface area contributed by atoms with E-state index in [2.05, 4.69) is 34.4 Å². The summed E-state index contributed by atoms with van der Waals surface area (Å²) >= 11 is 0. The minimum Gasteiger partial charge on any atom is -0.359 e. The molecule has 0 amide bonds. The third-order valence-electron chi connectivity index (χ3n) is 3.45. The van der Waals surface area contributed by atoms with Gasteiger partial charge in [-0.3, -0.25) is 9.89 Å². The molecule has 0 spiro atoms. The van der Waals surface area contributed by atoms with Gasteiger partial charge in [0.1, 0.15) is 0 Å². The van der Waals surface area contributed by atoms with Gasteiger partial charge in [-0.2, -0.15) is 0 Å². The second kappa shape index (κ2) is 8.97. The van der Waals surface area contributed by atoms with Gasteiger partial charge >= 0.3 is 0 Å². The Bertz CT molecular complexity index is 233. The first kappa shape index (κ1) is 17.0. The highest BCUT2D eigenvalue weighted by Gasteiger charge is 2.22. The van der Waals surface area contributed by atoms with Crippen molar-refractivity contribution in [1.82, 2.24) is 15.5 Å². The fraction of sp³-hybridized carbons (Fsp3) is 0.917. The summed E-state index contributed by atoms with van der Waals surface area (Å²) in [7, 11) is 3.69. The largest absolute Gasteiger partial charge is 0.359 e. The van der Waals surface area contributed by atoms with E-state index in [0.717, 1.165) is 18.5 Å². The van der Waals surface area contributed by atoms with Crippen LogP contribution in [-0.4, -0.2) is 50.1 Å². The number of aliphatic imine (C=N–C) groups is 1. The molecule has 2 atom stereocenters. The summed E-state index contributed by atoms with van der Waals surface area (Å²) < 4.78 is 0. The van der Waals surface area contributed by atoms with Gasteiger partial charge in [0.05, 0.1) is 0 Å². The Labute approximate surface area is 123 Å². The number of nitrogens with one attached hydrogen (secondary N) is 2. The van der Waals surface area contributed by atoms with Gasteiger partial charge in [-0.15, -0.1) is 24.0 Å². The van der Waals surface area contributed by atoms with E-state index in [4.69, 9.17) is 0 Å². The van der Waals surface area contributed by atoms with E-state index >= 15 is 0 Å². The predicted molar refractivity (Wildman–Crippen MR) is 85.3 cm³/mol. The van der Waals surface area contributed by atoms with Crippen molar-refractivity contribution in [2.45, 2.75) is 45.2 Å². The van der Waals surface area contributed by atoms with E-state index < -0.39 is 0 Å². The molecule has 2 unspecified atom stereocenters. The van der Waals surface area contributed by atoms with Crippen LogP contribution in [0.4, 0.5) is 0 Å². The SMILES string of the molecule is CN=C(NC)NCC(C)N1CCCCC1C.I. The van der Waals surface area contributed by atoms with Gasteiger partial charge in [-0.25, -0.2) is 0 Å². The molecule has 1 fully saturated rings. The first-order chi connectivity index (χ1) is 7.69. The number of piperidine rings is 1. The molecule has 102 valence electrons. The summed E-state index contributed by atoms with van der Waals surface area (Å²) in [5, 5.41) is 6.38. The van der Waals surface area contributed by atoms with Crippen LogP contribution in [0.3, 0.4) is 0 Å². The molecular formula is C12H27IN4. The van der Waals surface area contributed by atoms with Crippen molar-refractivity contribution in [3.05, 3.63) is 0 Å². The van der Waals surface area contributed by atoms with E-state index in [1.165, 1.54) is 25.8 Å². The van der Waals surface area contributed by atoms with Crippen molar-refractivity contribution >= 4 is 29.9 Å². The number of likely N-dealkylation sites (tertiary alicyclic amines) is 1. The van der Waals surface area contributed by atoms with Gasteiger partial charge in [0.15, 0.2) is 5.96 Å². The summed E-state index contributed by atoms with van der Waals surface area (Å²) in [6.07, 6.45) is 4.07. The maximum Gasteiger partial charge on any atom is 0.190 e. The minimum absolute atomic E-state index is 0. The molecule has 0 aromatic rings. The molecule has 1 saturated heterocycles. The molecule has 4 nitrogen and oxygen atoms in total. The van der Waals surface area contributed by atoms with Gasteiger partial charge in [-0.05, 0) is 33.2 Å². The number of nitrogens with zero attached hydrogens (tertiary/aromatic N) is 2. The topological polar surface area (TPSA) is 39.7 Å². The molecule has 0 radical (unpaired) electrons. The lowest BCUT2D eigenvalue weighted by Crippen LogP contribution is -2.49. The van der Waals surface area contributed by atoms with Crippen LogP contribution in [-0.2, 0) is 0 Å². The van der Waals surface area contributed by atoms with Crippen LogP contribution in [0.2, 0.25) is 0 Å². The highest BCUT2D eigenvalue weighted by atomic mass is 127. The maximum absolute atomic E-state index is 4.12. The smallest absolute Gasteiger partial charge is 0.190 e. The quantitative estimate of drug-likeness (QED) is 0.460. The van der Waals surface area contributed by atoms with Crippen LogP contribution in [0.5, 0.6) is 0 Å². The second-order valence-corrected chi connectivity index (χ2v) is 4.63. The lowest BCUT2D eigenvalue weighted by atomic mass is 10.0. The van der Waals surface area contributed by atoms with Crippen LogP contribution < -0.4 is 10.6 Å². The monoisotopic (exact) mass is 354 g/mol. The average Bonchev–Trinajstić information content (AvgIpc) is 2.30. The van der Waals surface area contributed by atoms with Crippen LogP contribution in [0.1, 0.15) is 33.1 Å². The van der Waals surface area contributed by atoms with E-state index in [1.807, 2.05) is 7.05 Å². The summed E-state index contributed by atoms with van der Waals surface area (Å²) in [4.78, 5) is 6.72. The highest BCUT2D eigenvalue weighted by Crippen LogP contribution is 2.18. The van der Waals surface area contributed by atoms with Gasteiger partial charge in [0.25, 0.3) is 0 Å². The lowest BCUT2D eigenvalue weighted by Gasteiger charge is -2.38. The van der Waals surface area contributed by atoms with Crippen molar-refractivity contribution in [3.63, 3.8) is 0 Å². The normalized spacial score (nSPS) is 23.8. The lowest BCUT2D eigenvalue weighted by molar-refractivity contribution is 0.115. The minimum atomic E-state index is 0. The maximum atomic E-state index is 4.12. The molecule has 0 bridgehead atoms. The Morgan fingerprint density at radius 2 is 2.18 bits per heavy atom. The van der Waals surface area contributed by atoms with E-state index in [-0.39, 0.29) is 24.0 Å². The zero-order chi connectivity index (χ0) is 12.0. The molecule has 0 saturated carbocycles. The molecule has 1 aliphatic heterocycles. The molecular weight excluding hydrogens is 327 g/mol. The van der Waals surface area contributed by atoms with Crippen LogP contribution in [0, 0.1) is 0 Å². The first-order valence-electron chi connectivity index (χ1n) is 6.33. The summed E-state index contributed by atoms with van der Waals surface area (Å²) in [6.45, 7) is 6.82. The number of hydrogen-bond donors (Lipinski definition) is 2. The first-order valence-corrected chi connectivity index (χ1v) is 6.33. The summed E-state index contributed by atoms with van der Waals surface area (Å²) in [5.74, 6) is 0.872. The molecule has 0 aromatic heterocycles. The molecule has 0 aromatic carbocycles. The van der Waals surface area contributed by atoms with Crippen LogP contribution in [0.25, 0.3) is 0 Å². The summed E-state index contributed by atoms with van der Waals surface area (Å²) in [6, 6.07) is 1.29. The van der Waals surface area contributed by atoms with E-state index in [9.17, 15) is 0 Å². The fourth-order valence-corrected chi connectivity index (χ4v) is 2.42. The Balaban J connectivity index is 0.00000256. The zero-order valence-corrected chi connectivity index (χ0v) is 13.8. The number of halogens is 1. The molecule has 1 heterocycles. The molecule has 1 aliphatic rings. The Hall–Kier alpha value is -0.0400. The van der Waals surface area contributed by atoms with Crippen molar-refractivity contribution < 1.29 is 0 Å². The Morgan fingerprint density at radius 1 is 1.47 bits per heavy atom. The number of guanidine groups is 1. The van der Waals surface area contributed by atoms with Gasteiger partial charge in [0.2, 0.25) is 0 Å². The molecule has 17 heavy (non-hydrogen) atoms. The highest BCUT2D eigenvalue weighted by molar-refractivity contribution is 14.0. The molecule has 2 N–H and O–H groups in total. The van der Waals surface area contributed by atoms with Gasteiger partial charge < -0.3 is 10.6 Å². The number of rotatable bonds is 3. The van der Waals surface area contributed by atoms with Crippen LogP contribution >= 0.6 is 24.0 Å². The van der Waals surface area contributed by atoms with Crippen molar-refractivity contribution in [3.8, 4) is 0 Å². The standard InChI is InChI=1S/C12H26N4.HI/c1-10-7-5-6-8-16(10)11(2)9-15-12(13-3)14-4;/h10-11H,5-9H2,1-4H3,(H2,13,14,15);1H. The molecule has 0 aliphatic carbocycles. The second-order valence-electron chi connectivity index (χ2n) is 4.63. The molecule has 5 heteroatoms. The predicted octanol–water partition coefficient (Wildman–Crippen LogP) is 1.66. The third-order valence-corrected chi connectivity index (χ3v) is 3.45. The summed E-state index contributed by atoms with van der Waals surface area (Å²) in [5.41, 5.74) is 0. The average molecular weight is 354 g/mol. The van der Waals surface area contributed by atoms with Gasteiger partial charge in [0, 0.05) is 32.7 Å². The van der Waals surface area contributed by atoms with E-state index in [1.54, 1.807) is 7.05 Å². The Morgan fingerprint density at radius 3 is 2.71 bits per heavy atom. The van der Waals surface area contributed by atoms with E-state index in [0.29, 0.717) is 6.04 Å². The van der Waals surface area contributed by atoms with Crippen LogP contribution in [0.15, 0.2) is 4.99 Å². The van der Waals surface area contributed by atoms with Crippen molar-refractivity contribution in [2.75, 3.05) is 27.2 Å². The van der Waals surface area contributed by atoms with Crippen molar-refractivity contribution in [1.29, 1.82) is 0 Å². The molecule has 1 rings (SSSR count). The third kappa shape index (κ3) is 5.42. The Kier molecular flexibility index (Phi) is 8.94. The number of hydrogen-bond acceptors (Lipinski definition) is 2.